The zero-order valence-corrected chi connectivity index (χ0v) is 16.9. The molecule has 0 bridgehead atoms. The van der Waals surface area contributed by atoms with Crippen molar-refractivity contribution >= 4 is 48.8 Å². The van der Waals surface area contributed by atoms with Gasteiger partial charge >= 0.3 is 0 Å². The monoisotopic (exact) mass is 421 g/mol. The lowest BCUT2D eigenvalue weighted by molar-refractivity contribution is -0.131. The molecule has 0 unspecified atom stereocenters. The Balaban J connectivity index is 1.37. The molecule has 2 aromatic heterocycles. The average molecular weight is 422 g/mol. The molecule has 4 rings (SSSR count). The minimum Gasteiger partial charge on any atom is -0.342 e. The molecule has 9 heteroatoms. The summed E-state index contributed by atoms with van der Waals surface area (Å²) < 4.78 is 24.0. The molecule has 142 valence electrons. The van der Waals surface area contributed by atoms with Crippen LogP contribution in [0.3, 0.4) is 0 Å². The zero-order valence-electron chi connectivity index (χ0n) is 14.5. The van der Waals surface area contributed by atoms with E-state index in [-0.39, 0.29) is 16.5 Å². The van der Waals surface area contributed by atoms with E-state index in [0.29, 0.717) is 19.0 Å². The van der Waals surface area contributed by atoms with Crippen LogP contribution in [0.2, 0.25) is 0 Å². The lowest BCUT2D eigenvalue weighted by Gasteiger charge is -2.31. The fourth-order valence-electron chi connectivity index (χ4n) is 3.31. The van der Waals surface area contributed by atoms with Gasteiger partial charge in [0.25, 0.3) is 0 Å². The number of para-hydroxylation sites is 1. The average Bonchev–Trinajstić information content (AvgIpc) is 3.28. The number of nitrogens with two attached hydrogens (primary N) is 1. The number of aromatic nitrogens is 1. The quantitative estimate of drug-likeness (QED) is 0.701. The first-order valence-corrected chi connectivity index (χ1v) is 11.8. The van der Waals surface area contributed by atoms with E-state index in [2.05, 4.69) is 6.07 Å². The number of primary sulfonamides is 1. The van der Waals surface area contributed by atoms with Crippen LogP contribution in [0.1, 0.15) is 28.6 Å². The van der Waals surface area contributed by atoms with Crippen molar-refractivity contribution in [2.24, 2.45) is 5.14 Å². The van der Waals surface area contributed by atoms with Crippen molar-refractivity contribution in [3.63, 3.8) is 0 Å². The number of thiophene rings is 1. The van der Waals surface area contributed by atoms with Crippen LogP contribution in [0, 0.1) is 0 Å². The number of nitrogens with zero attached hydrogens (tertiary/aromatic N) is 2. The number of hydrogen-bond donors (Lipinski definition) is 1. The molecule has 1 aromatic carbocycles. The molecule has 1 fully saturated rings. The number of thiazole rings is 1. The first kappa shape index (κ1) is 18.5. The fourth-order valence-corrected chi connectivity index (χ4v) is 6.21. The number of rotatable bonds is 4. The van der Waals surface area contributed by atoms with Crippen LogP contribution in [0.25, 0.3) is 10.2 Å². The minimum atomic E-state index is -3.70. The number of carbonyl (C=O) groups is 1. The Bertz CT molecular complexity index is 1050. The van der Waals surface area contributed by atoms with E-state index >= 15 is 0 Å². The van der Waals surface area contributed by atoms with E-state index < -0.39 is 10.0 Å². The number of fused-ring (bicyclic) bond motifs is 1. The number of amides is 1. The molecule has 2 N–H and O–H groups in total. The molecule has 0 radical (unpaired) electrons. The second kappa shape index (κ2) is 7.31. The summed E-state index contributed by atoms with van der Waals surface area (Å²) in [6, 6.07) is 11.3. The van der Waals surface area contributed by atoms with Gasteiger partial charge in [-0.15, -0.1) is 22.7 Å². The Morgan fingerprint density at radius 2 is 1.89 bits per heavy atom. The SMILES string of the molecule is NS(=O)(=O)c1ccc(CC(=O)N2CCC(c3nc4ccccc4s3)CC2)s1. The van der Waals surface area contributed by atoms with E-state index in [9.17, 15) is 13.2 Å². The van der Waals surface area contributed by atoms with E-state index in [1.165, 1.54) is 10.8 Å². The highest BCUT2D eigenvalue weighted by atomic mass is 32.2. The summed E-state index contributed by atoms with van der Waals surface area (Å²) in [5, 5.41) is 6.28. The molecule has 3 aromatic rings. The smallest absolute Gasteiger partial charge is 0.247 e. The van der Waals surface area contributed by atoms with Crippen molar-refractivity contribution in [2.75, 3.05) is 13.1 Å². The van der Waals surface area contributed by atoms with Gasteiger partial charge < -0.3 is 4.90 Å². The Labute approximate surface area is 165 Å². The number of hydrogen-bond acceptors (Lipinski definition) is 6. The molecule has 1 saturated heterocycles. The van der Waals surface area contributed by atoms with Gasteiger partial charge in [0.05, 0.1) is 21.6 Å². The minimum absolute atomic E-state index is 0.0283. The van der Waals surface area contributed by atoms with E-state index in [1.54, 1.807) is 17.4 Å². The van der Waals surface area contributed by atoms with Gasteiger partial charge in [-0.2, -0.15) is 0 Å². The Hall–Kier alpha value is -1.81. The van der Waals surface area contributed by atoms with Gasteiger partial charge in [-0.25, -0.2) is 18.5 Å². The molecule has 27 heavy (non-hydrogen) atoms. The number of carbonyl (C=O) groups excluding carboxylic acids is 1. The van der Waals surface area contributed by atoms with Gasteiger partial charge in [0, 0.05) is 23.9 Å². The van der Waals surface area contributed by atoms with Crippen molar-refractivity contribution in [1.29, 1.82) is 0 Å². The molecule has 0 aliphatic carbocycles. The Kier molecular flexibility index (Phi) is 5.02. The van der Waals surface area contributed by atoms with Crippen LogP contribution in [0.5, 0.6) is 0 Å². The third-order valence-corrected chi connectivity index (χ3v) is 8.47. The number of sulfonamides is 1. The molecule has 6 nitrogen and oxygen atoms in total. The molecule has 1 aliphatic heterocycles. The molecule has 1 amide bonds. The summed E-state index contributed by atoms with van der Waals surface area (Å²) in [5.41, 5.74) is 1.04. The standard InChI is InChI=1S/C18H19N3O3S3/c19-27(23,24)17-6-5-13(25-17)11-16(22)21-9-7-12(8-10-21)18-20-14-3-1-2-4-15(14)26-18/h1-6,12H,7-11H2,(H2,19,23,24). The first-order valence-electron chi connectivity index (χ1n) is 8.65. The van der Waals surface area contributed by atoms with Crippen molar-refractivity contribution in [3.8, 4) is 0 Å². The molecular formula is C18H19N3O3S3. The number of likely N-dealkylation sites (tertiary alicyclic amines) is 1. The maximum absolute atomic E-state index is 12.5. The van der Waals surface area contributed by atoms with Gasteiger partial charge in [-0.05, 0) is 37.1 Å². The second-order valence-corrected chi connectivity index (χ2v) is 10.6. The van der Waals surface area contributed by atoms with Crippen molar-refractivity contribution in [1.82, 2.24) is 9.88 Å². The molecule has 1 aliphatic rings. The van der Waals surface area contributed by atoms with Crippen LogP contribution in [-0.2, 0) is 21.2 Å². The summed E-state index contributed by atoms with van der Waals surface area (Å²) in [5.74, 6) is 0.419. The van der Waals surface area contributed by atoms with E-state index in [1.807, 2.05) is 23.1 Å². The zero-order chi connectivity index (χ0) is 19.0. The van der Waals surface area contributed by atoms with Gasteiger partial charge in [-0.3, -0.25) is 4.79 Å². The lowest BCUT2D eigenvalue weighted by Crippen LogP contribution is -2.38. The maximum Gasteiger partial charge on any atom is 0.247 e. The highest BCUT2D eigenvalue weighted by molar-refractivity contribution is 7.91. The third kappa shape index (κ3) is 4.06. The van der Waals surface area contributed by atoms with Crippen LogP contribution in [0.15, 0.2) is 40.6 Å². The maximum atomic E-state index is 12.5. The summed E-state index contributed by atoms with van der Waals surface area (Å²) >= 11 is 2.80. The normalized spacial score (nSPS) is 16.1. The van der Waals surface area contributed by atoms with E-state index in [4.69, 9.17) is 10.1 Å². The van der Waals surface area contributed by atoms with Crippen LogP contribution in [0.4, 0.5) is 0 Å². The van der Waals surface area contributed by atoms with Crippen LogP contribution < -0.4 is 5.14 Å². The predicted octanol–water partition coefficient (Wildman–Crippen LogP) is 2.95. The molecule has 3 heterocycles. The summed E-state index contributed by atoms with van der Waals surface area (Å²) in [6.45, 7) is 1.40. The Morgan fingerprint density at radius 1 is 1.15 bits per heavy atom. The van der Waals surface area contributed by atoms with Crippen molar-refractivity contribution in [2.45, 2.75) is 29.4 Å². The molecule has 0 saturated carbocycles. The van der Waals surface area contributed by atoms with Crippen molar-refractivity contribution < 1.29 is 13.2 Å². The Morgan fingerprint density at radius 3 is 2.56 bits per heavy atom. The van der Waals surface area contributed by atoms with Gasteiger partial charge in [-0.1, -0.05) is 12.1 Å². The molecule has 0 spiro atoms. The molecule has 0 atom stereocenters. The highest BCUT2D eigenvalue weighted by Gasteiger charge is 2.26. The number of piperidine rings is 1. The first-order chi connectivity index (χ1) is 12.9. The van der Waals surface area contributed by atoms with E-state index in [0.717, 1.165) is 39.6 Å². The third-order valence-electron chi connectivity index (χ3n) is 4.75. The van der Waals surface area contributed by atoms with Crippen LogP contribution >= 0.6 is 22.7 Å². The largest absolute Gasteiger partial charge is 0.342 e. The highest BCUT2D eigenvalue weighted by Crippen LogP contribution is 2.34. The summed E-state index contributed by atoms with van der Waals surface area (Å²) in [6.07, 6.45) is 2.02. The van der Waals surface area contributed by atoms with Crippen molar-refractivity contribution in [3.05, 3.63) is 46.3 Å². The number of benzene rings is 1. The lowest BCUT2D eigenvalue weighted by atomic mass is 9.97. The molecular weight excluding hydrogens is 402 g/mol. The van der Waals surface area contributed by atoms with Gasteiger partial charge in [0.2, 0.25) is 15.9 Å². The predicted molar refractivity (Wildman–Crippen MR) is 108 cm³/mol. The topological polar surface area (TPSA) is 93.4 Å². The fraction of sp³-hybridized carbons (Fsp3) is 0.333. The summed E-state index contributed by atoms with van der Waals surface area (Å²) in [4.78, 5) is 19.9. The summed E-state index contributed by atoms with van der Waals surface area (Å²) in [7, 11) is -3.70. The second-order valence-electron chi connectivity index (χ2n) is 6.62. The van der Waals surface area contributed by atoms with Gasteiger partial charge in [0.15, 0.2) is 0 Å². The van der Waals surface area contributed by atoms with Crippen LogP contribution in [-0.4, -0.2) is 37.3 Å². The van der Waals surface area contributed by atoms with Gasteiger partial charge in [0.1, 0.15) is 4.21 Å².